The fraction of sp³-hybridized carbons (Fsp3) is 0.118. The van der Waals surface area contributed by atoms with Crippen LogP contribution < -0.4 is 21.1 Å². The number of hydrogen-bond donors (Lipinski definition) is 2. The van der Waals surface area contributed by atoms with Crippen molar-refractivity contribution in [2.24, 2.45) is 5.84 Å². The zero-order chi connectivity index (χ0) is 18.9. The quantitative estimate of drug-likeness (QED) is 0.485. The van der Waals surface area contributed by atoms with E-state index in [2.05, 4.69) is 0 Å². The van der Waals surface area contributed by atoms with Crippen LogP contribution in [0, 0.1) is 0 Å². The van der Waals surface area contributed by atoms with Crippen molar-refractivity contribution >= 4 is 28.9 Å². The van der Waals surface area contributed by atoms with Gasteiger partial charge in [-0.2, -0.15) is 13.2 Å². The molecule has 2 aromatic rings. The molecule has 5 nitrogen and oxygen atoms in total. The number of nitrogens with zero attached hydrogens (tertiary/aromatic N) is 2. The molecule has 26 heavy (non-hydrogen) atoms. The van der Waals surface area contributed by atoms with E-state index in [4.69, 9.17) is 17.4 Å². The van der Waals surface area contributed by atoms with E-state index >= 15 is 0 Å². The number of rotatable bonds is 3. The number of anilines is 2. The van der Waals surface area contributed by atoms with Crippen LogP contribution in [0.2, 0.25) is 5.02 Å². The largest absolute Gasteiger partial charge is 0.416 e. The molecule has 3 rings (SSSR count). The van der Waals surface area contributed by atoms with Crippen molar-refractivity contribution in [1.29, 1.82) is 0 Å². The van der Waals surface area contributed by atoms with Crippen molar-refractivity contribution < 1.29 is 18.0 Å². The normalized spacial score (nSPS) is 14.4. The highest BCUT2D eigenvalue weighted by atomic mass is 35.5. The summed E-state index contributed by atoms with van der Waals surface area (Å²) in [6.45, 7) is 0.232. The Hall–Kier alpha value is -2.71. The third-order valence-electron chi connectivity index (χ3n) is 3.89. The van der Waals surface area contributed by atoms with Gasteiger partial charge in [0, 0.05) is 22.6 Å². The average molecular weight is 383 g/mol. The summed E-state index contributed by atoms with van der Waals surface area (Å²) in [7, 11) is 0. The van der Waals surface area contributed by atoms with Gasteiger partial charge < -0.3 is 9.80 Å². The van der Waals surface area contributed by atoms with Crippen LogP contribution in [0.25, 0.3) is 0 Å². The molecule has 0 saturated heterocycles. The van der Waals surface area contributed by atoms with Crippen molar-refractivity contribution in [3.63, 3.8) is 0 Å². The molecule has 1 aliphatic heterocycles. The molecule has 136 valence electrons. The van der Waals surface area contributed by atoms with E-state index < -0.39 is 17.6 Å². The number of amides is 1. The SMILES string of the molecule is NNC(=O)C1=CN(c2ccc(Cl)cc2)CN1c1ccc(C(F)(F)F)cc1. The lowest BCUT2D eigenvalue weighted by molar-refractivity contribution is -0.137. The lowest BCUT2D eigenvalue weighted by atomic mass is 10.2. The minimum atomic E-state index is -4.42. The minimum absolute atomic E-state index is 0.210. The number of hydrazine groups is 1. The monoisotopic (exact) mass is 382 g/mol. The van der Waals surface area contributed by atoms with Gasteiger partial charge in [-0.3, -0.25) is 10.2 Å². The Morgan fingerprint density at radius 2 is 1.62 bits per heavy atom. The highest BCUT2D eigenvalue weighted by Crippen LogP contribution is 2.33. The Bertz CT molecular complexity index is 835. The number of alkyl halides is 3. The van der Waals surface area contributed by atoms with Gasteiger partial charge in [0.1, 0.15) is 5.70 Å². The first kappa shape index (κ1) is 18.1. The fourth-order valence-corrected chi connectivity index (χ4v) is 2.71. The first-order valence-electron chi connectivity index (χ1n) is 7.49. The van der Waals surface area contributed by atoms with Crippen LogP contribution in [-0.2, 0) is 11.0 Å². The molecule has 0 saturated carbocycles. The third kappa shape index (κ3) is 3.61. The number of nitrogens with two attached hydrogens (primary N) is 1. The lowest BCUT2D eigenvalue weighted by Crippen LogP contribution is -2.37. The van der Waals surface area contributed by atoms with Crippen molar-refractivity contribution in [1.82, 2.24) is 5.43 Å². The van der Waals surface area contributed by atoms with Gasteiger partial charge in [-0.05, 0) is 48.5 Å². The molecule has 0 radical (unpaired) electrons. The van der Waals surface area contributed by atoms with Gasteiger partial charge in [0.25, 0.3) is 5.91 Å². The second kappa shape index (κ2) is 6.89. The van der Waals surface area contributed by atoms with Crippen molar-refractivity contribution in [2.45, 2.75) is 6.18 Å². The highest BCUT2D eigenvalue weighted by molar-refractivity contribution is 6.30. The molecule has 1 aliphatic rings. The van der Waals surface area contributed by atoms with E-state index in [-0.39, 0.29) is 12.4 Å². The molecular weight excluding hydrogens is 369 g/mol. The molecule has 1 heterocycles. The molecule has 3 N–H and O–H groups in total. The Kier molecular flexibility index (Phi) is 4.80. The van der Waals surface area contributed by atoms with Crippen molar-refractivity contribution in [2.75, 3.05) is 16.5 Å². The molecular formula is C17H14ClF3N4O. The summed E-state index contributed by atoms with van der Waals surface area (Å²) in [4.78, 5) is 15.4. The van der Waals surface area contributed by atoms with E-state index in [0.29, 0.717) is 10.7 Å². The standard InChI is InChI=1S/C17H14ClF3N4O/c18-12-3-7-13(8-4-12)24-9-15(16(26)23-22)25(10-24)14-5-1-11(2-6-14)17(19,20)21/h1-9H,10,22H2,(H,23,26). The Morgan fingerprint density at radius 1 is 1.04 bits per heavy atom. The highest BCUT2D eigenvalue weighted by Gasteiger charge is 2.32. The van der Waals surface area contributed by atoms with Gasteiger partial charge in [0.05, 0.1) is 12.2 Å². The van der Waals surface area contributed by atoms with Crippen molar-refractivity contribution in [3.8, 4) is 0 Å². The third-order valence-corrected chi connectivity index (χ3v) is 4.14. The number of carbonyl (C=O) groups is 1. The lowest BCUT2D eigenvalue weighted by Gasteiger charge is -2.24. The number of hydrogen-bond acceptors (Lipinski definition) is 4. The second-order valence-electron chi connectivity index (χ2n) is 5.55. The Morgan fingerprint density at radius 3 is 2.15 bits per heavy atom. The molecule has 9 heteroatoms. The predicted octanol–water partition coefficient (Wildman–Crippen LogP) is 3.47. The molecule has 0 aromatic heterocycles. The Balaban J connectivity index is 1.92. The first-order chi connectivity index (χ1) is 12.3. The van der Waals surface area contributed by atoms with Gasteiger partial charge in [-0.25, -0.2) is 5.84 Å². The number of benzene rings is 2. The zero-order valence-corrected chi connectivity index (χ0v) is 14.1. The van der Waals surface area contributed by atoms with Gasteiger partial charge in [0.15, 0.2) is 0 Å². The summed E-state index contributed by atoms with van der Waals surface area (Å²) in [5, 5.41) is 0.566. The number of halogens is 4. The van der Waals surface area contributed by atoms with E-state index in [9.17, 15) is 18.0 Å². The van der Waals surface area contributed by atoms with E-state index in [1.54, 1.807) is 40.3 Å². The van der Waals surface area contributed by atoms with Gasteiger partial charge in [0.2, 0.25) is 0 Å². The predicted molar refractivity (Wildman–Crippen MR) is 93.1 cm³/mol. The molecule has 0 atom stereocenters. The summed E-state index contributed by atoms with van der Waals surface area (Å²) < 4.78 is 38.2. The van der Waals surface area contributed by atoms with Gasteiger partial charge >= 0.3 is 6.18 Å². The summed E-state index contributed by atoms with van der Waals surface area (Å²) in [5.74, 6) is 4.67. The van der Waals surface area contributed by atoms with Crippen LogP contribution >= 0.6 is 11.6 Å². The van der Waals surface area contributed by atoms with Gasteiger partial charge in [-0.15, -0.1) is 0 Å². The van der Waals surface area contributed by atoms with Crippen molar-refractivity contribution in [3.05, 3.63) is 71.0 Å². The molecule has 0 bridgehead atoms. The smallest absolute Gasteiger partial charge is 0.327 e. The maximum absolute atomic E-state index is 12.7. The van der Waals surface area contributed by atoms with Gasteiger partial charge in [-0.1, -0.05) is 11.6 Å². The molecule has 0 fully saturated rings. The molecule has 0 aliphatic carbocycles. The van der Waals surface area contributed by atoms with Crippen LogP contribution in [-0.4, -0.2) is 12.6 Å². The van der Waals surface area contributed by atoms with Crippen LogP contribution in [0.15, 0.2) is 60.4 Å². The Labute approximate surface area is 152 Å². The summed E-state index contributed by atoms with van der Waals surface area (Å²) in [5.41, 5.74) is 2.70. The molecule has 1 amide bonds. The van der Waals surface area contributed by atoms with E-state index in [1.807, 2.05) is 5.43 Å². The topological polar surface area (TPSA) is 61.6 Å². The second-order valence-corrected chi connectivity index (χ2v) is 5.98. The number of carbonyl (C=O) groups excluding carboxylic acids is 1. The first-order valence-corrected chi connectivity index (χ1v) is 7.87. The summed E-state index contributed by atoms with van der Waals surface area (Å²) >= 11 is 5.88. The summed E-state index contributed by atoms with van der Waals surface area (Å²) in [6.07, 6.45) is -2.85. The van der Waals surface area contributed by atoms with Crippen LogP contribution in [0.5, 0.6) is 0 Å². The average Bonchev–Trinajstić information content (AvgIpc) is 3.06. The van der Waals surface area contributed by atoms with Crippen LogP contribution in [0.4, 0.5) is 24.5 Å². The zero-order valence-electron chi connectivity index (χ0n) is 13.3. The van der Waals surface area contributed by atoms with E-state index in [0.717, 1.165) is 17.8 Å². The molecule has 0 spiro atoms. The van der Waals surface area contributed by atoms with Crippen LogP contribution in [0.1, 0.15) is 5.56 Å². The fourth-order valence-electron chi connectivity index (χ4n) is 2.58. The maximum atomic E-state index is 12.7. The maximum Gasteiger partial charge on any atom is 0.416 e. The molecule has 2 aromatic carbocycles. The number of nitrogens with one attached hydrogen (secondary N) is 1. The van der Waals surface area contributed by atoms with E-state index in [1.165, 1.54) is 12.1 Å². The summed E-state index contributed by atoms with van der Waals surface area (Å²) in [6, 6.07) is 11.5. The molecule has 0 unspecified atom stereocenters. The van der Waals surface area contributed by atoms with Crippen LogP contribution in [0.3, 0.4) is 0 Å². The minimum Gasteiger partial charge on any atom is -0.327 e.